The molecule has 5 N–H and O–H groups in total. The number of hydrogen-bond acceptors (Lipinski definition) is 5. The molecule has 0 saturated heterocycles. The van der Waals surface area contributed by atoms with Gasteiger partial charge in [-0.1, -0.05) is 11.6 Å². The van der Waals surface area contributed by atoms with Crippen LogP contribution in [0.15, 0.2) is 0 Å². The molecule has 124 valence electrons. The standard InChI is InChI=1S/C15H17ClF2N4S/c1-6-10-9(5-19)12(23-14(10)21-7(2)11(6)16)13(20)22-8-3-15(17,18)4-8/h5,8,22H,3-4,19-20H2,1-2H3/b9-5-,13-12-. The molecule has 8 heteroatoms. The van der Waals surface area contributed by atoms with Crippen LogP contribution in [0.4, 0.5) is 8.78 Å². The molecule has 2 aromatic heterocycles. The van der Waals surface area contributed by atoms with Gasteiger partial charge in [-0.2, -0.15) is 0 Å². The number of alkyl halides is 2. The van der Waals surface area contributed by atoms with Crippen molar-refractivity contribution in [3.63, 3.8) is 0 Å². The van der Waals surface area contributed by atoms with Crippen LogP contribution in [0.3, 0.4) is 0 Å². The van der Waals surface area contributed by atoms with Crippen molar-refractivity contribution in [3.05, 3.63) is 26.0 Å². The molecule has 0 amide bonds. The van der Waals surface area contributed by atoms with Crippen LogP contribution in [0.5, 0.6) is 0 Å². The number of nitrogens with two attached hydrogens (primary N) is 2. The zero-order valence-corrected chi connectivity index (χ0v) is 14.3. The Kier molecular flexibility index (Phi) is 3.88. The van der Waals surface area contributed by atoms with Crippen molar-refractivity contribution in [3.8, 4) is 0 Å². The summed E-state index contributed by atoms with van der Waals surface area (Å²) in [4.78, 5) is 5.26. The Labute approximate surface area is 140 Å². The maximum Gasteiger partial charge on any atom is 0.252 e. The third kappa shape index (κ3) is 2.72. The molecule has 0 spiro atoms. The molecule has 1 aliphatic rings. The highest BCUT2D eigenvalue weighted by atomic mass is 35.5. The second kappa shape index (κ2) is 5.49. The summed E-state index contributed by atoms with van der Waals surface area (Å²) in [5, 5.41) is 5.14. The summed E-state index contributed by atoms with van der Waals surface area (Å²) in [6.45, 7) is 3.74. The normalized spacial score (nSPS) is 19.8. The number of pyridine rings is 1. The zero-order chi connectivity index (χ0) is 16.9. The maximum absolute atomic E-state index is 13.0. The quantitative estimate of drug-likeness (QED) is 0.763. The van der Waals surface area contributed by atoms with Gasteiger partial charge in [0.15, 0.2) is 0 Å². The lowest BCUT2D eigenvalue weighted by molar-refractivity contribution is -0.0893. The lowest BCUT2D eigenvalue weighted by atomic mass is 9.88. The molecule has 4 nitrogen and oxygen atoms in total. The molecule has 0 unspecified atom stereocenters. The van der Waals surface area contributed by atoms with E-state index >= 15 is 0 Å². The number of hydrogen-bond donors (Lipinski definition) is 3. The molecule has 0 aliphatic heterocycles. The summed E-state index contributed by atoms with van der Waals surface area (Å²) in [5.41, 5.74) is 13.5. The number of rotatable bonds is 2. The second-order valence-electron chi connectivity index (χ2n) is 5.85. The Hall–Kier alpha value is -1.60. The van der Waals surface area contributed by atoms with Gasteiger partial charge >= 0.3 is 0 Å². The van der Waals surface area contributed by atoms with Crippen LogP contribution in [-0.4, -0.2) is 16.9 Å². The van der Waals surface area contributed by atoms with E-state index < -0.39 is 5.92 Å². The number of aromatic nitrogens is 1. The third-order valence-electron chi connectivity index (χ3n) is 4.08. The van der Waals surface area contributed by atoms with Crippen LogP contribution in [0.2, 0.25) is 5.02 Å². The molecule has 23 heavy (non-hydrogen) atoms. The van der Waals surface area contributed by atoms with Gasteiger partial charge in [0.05, 0.1) is 15.2 Å². The number of fused-ring (bicyclic) bond motifs is 1. The third-order valence-corrected chi connectivity index (χ3v) is 5.77. The highest BCUT2D eigenvalue weighted by molar-refractivity contribution is 7.16. The number of halogens is 3. The largest absolute Gasteiger partial charge is 0.404 e. The van der Waals surface area contributed by atoms with Gasteiger partial charge in [0, 0.05) is 35.7 Å². The van der Waals surface area contributed by atoms with E-state index in [1.807, 2.05) is 13.8 Å². The summed E-state index contributed by atoms with van der Waals surface area (Å²) in [6, 6.07) is -0.319. The first kappa shape index (κ1) is 16.3. The van der Waals surface area contributed by atoms with Crippen LogP contribution in [0, 0.1) is 13.8 Å². The lowest BCUT2D eigenvalue weighted by Gasteiger charge is -2.35. The zero-order valence-electron chi connectivity index (χ0n) is 12.7. The van der Waals surface area contributed by atoms with Gasteiger partial charge in [0.1, 0.15) is 10.7 Å². The van der Waals surface area contributed by atoms with Crippen molar-refractivity contribution in [2.24, 2.45) is 11.5 Å². The van der Waals surface area contributed by atoms with Crippen LogP contribution in [0.25, 0.3) is 22.2 Å². The van der Waals surface area contributed by atoms with Crippen LogP contribution >= 0.6 is 22.9 Å². The first-order chi connectivity index (χ1) is 10.7. The van der Waals surface area contributed by atoms with E-state index in [0.29, 0.717) is 15.4 Å². The molecule has 1 aliphatic carbocycles. The first-order valence-electron chi connectivity index (χ1n) is 7.15. The molecule has 0 bridgehead atoms. The molecule has 2 aromatic rings. The predicted octanol–water partition coefficient (Wildman–Crippen LogP) is 1.67. The molecule has 0 radical (unpaired) electrons. The molecule has 2 heterocycles. The monoisotopic (exact) mass is 358 g/mol. The summed E-state index contributed by atoms with van der Waals surface area (Å²) >= 11 is 7.65. The Morgan fingerprint density at radius 2 is 2.09 bits per heavy atom. The van der Waals surface area contributed by atoms with E-state index in [4.69, 9.17) is 23.1 Å². The van der Waals surface area contributed by atoms with E-state index in [1.54, 1.807) is 0 Å². The molecule has 1 saturated carbocycles. The molecular weight excluding hydrogens is 342 g/mol. The summed E-state index contributed by atoms with van der Waals surface area (Å²) in [7, 11) is 0. The second-order valence-corrected chi connectivity index (χ2v) is 7.22. The highest BCUT2D eigenvalue weighted by Gasteiger charge is 2.45. The van der Waals surface area contributed by atoms with Gasteiger partial charge in [-0.3, -0.25) is 0 Å². The average Bonchev–Trinajstić information content (AvgIpc) is 2.81. The minimum Gasteiger partial charge on any atom is -0.404 e. The van der Waals surface area contributed by atoms with Crippen LogP contribution < -0.4 is 26.5 Å². The summed E-state index contributed by atoms with van der Waals surface area (Å²) < 4.78 is 26.6. The fraction of sp³-hybridized carbons (Fsp3) is 0.400. The van der Waals surface area contributed by atoms with Crippen LogP contribution in [0.1, 0.15) is 24.1 Å². The van der Waals surface area contributed by atoms with Crippen molar-refractivity contribution in [1.29, 1.82) is 0 Å². The van der Waals surface area contributed by atoms with E-state index in [9.17, 15) is 8.78 Å². The van der Waals surface area contributed by atoms with E-state index in [2.05, 4.69) is 10.3 Å². The number of aryl methyl sites for hydroxylation is 2. The van der Waals surface area contributed by atoms with Gasteiger partial charge in [-0.15, -0.1) is 11.3 Å². The van der Waals surface area contributed by atoms with Crippen molar-refractivity contribution in [2.75, 3.05) is 0 Å². The van der Waals surface area contributed by atoms with E-state index in [-0.39, 0.29) is 18.9 Å². The van der Waals surface area contributed by atoms with Crippen molar-refractivity contribution in [2.45, 2.75) is 38.7 Å². The lowest BCUT2D eigenvalue weighted by Crippen LogP contribution is -2.50. The Bertz CT molecular complexity index is 899. The van der Waals surface area contributed by atoms with Crippen molar-refractivity contribution in [1.82, 2.24) is 10.3 Å². The van der Waals surface area contributed by atoms with Gasteiger partial charge in [0.25, 0.3) is 5.92 Å². The minimum atomic E-state index is -2.59. The average molecular weight is 359 g/mol. The highest BCUT2D eigenvalue weighted by Crippen LogP contribution is 2.37. The summed E-state index contributed by atoms with van der Waals surface area (Å²) in [5.74, 6) is -2.25. The molecular formula is C15H17ClF2N4S. The van der Waals surface area contributed by atoms with Gasteiger partial charge in [-0.25, -0.2) is 13.8 Å². The maximum atomic E-state index is 13.0. The van der Waals surface area contributed by atoms with Gasteiger partial charge in [-0.05, 0) is 19.4 Å². The van der Waals surface area contributed by atoms with Gasteiger partial charge in [0.2, 0.25) is 0 Å². The number of thiophene rings is 1. The molecule has 1 fully saturated rings. The Balaban J connectivity index is 2.15. The van der Waals surface area contributed by atoms with E-state index in [1.165, 1.54) is 17.5 Å². The predicted molar refractivity (Wildman–Crippen MR) is 90.7 cm³/mol. The number of nitrogens with one attached hydrogen (secondary N) is 1. The van der Waals surface area contributed by atoms with Gasteiger partial charge < -0.3 is 16.8 Å². The first-order valence-corrected chi connectivity index (χ1v) is 8.34. The fourth-order valence-electron chi connectivity index (χ4n) is 2.86. The SMILES string of the molecule is Cc1nc2sc(=C(/N)NC3CC(F)(F)C3)/c(=C\N)c2c(C)c1Cl. The molecule has 3 rings (SSSR count). The van der Waals surface area contributed by atoms with Crippen LogP contribution in [-0.2, 0) is 0 Å². The Morgan fingerprint density at radius 3 is 2.65 bits per heavy atom. The fourth-order valence-corrected chi connectivity index (χ4v) is 4.19. The molecule has 0 atom stereocenters. The van der Waals surface area contributed by atoms with E-state index in [0.717, 1.165) is 26.7 Å². The topological polar surface area (TPSA) is 77.0 Å². The van der Waals surface area contributed by atoms with Crippen molar-refractivity contribution < 1.29 is 8.78 Å². The summed E-state index contributed by atoms with van der Waals surface area (Å²) in [6.07, 6.45) is 1.05. The Morgan fingerprint density at radius 1 is 1.43 bits per heavy atom. The minimum absolute atomic E-state index is 0.206. The number of nitrogens with zero attached hydrogens (tertiary/aromatic N) is 1. The van der Waals surface area contributed by atoms with Crippen molar-refractivity contribution >= 4 is 45.2 Å². The smallest absolute Gasteiger partial charge is 0.252 e. The molecule has 0 aromatic carbocycles.